The van der Waals surface area contributed by atoms with Crippen molar-refractivity contribution in [3.8, 4) is 0 Å². The average Bonchev–Trinajstić information content (AvgIpc) is 3.10. The molecule has 1 spiro atoms. The molecule has 4 heteroatoms. The van der Waals surface area contributed by atoms with Gasteiger partial charge in [0.2, 0.25) is 5.91 Å². The molecule has 2 aliphatic rings. The fraction of sp³-hybridized carbons (Fsp3) is 0.278. The molecule has 4 rings (SSSR count). The number of nitrogens with zero attached hydrogens (tertiary/aromatic N) is 1. The van der Waals surface area contributed by atoms with Crippen molar-refractivity contribution in [2.75, 3.05) is 5.32 Å². The van der Waals surface area contributed by atoms with E-state index in [1.807, 2.05) is 18.2 Å². The zero-order chi connectivity index (χ0) is 15.5. The second kappa shape index (κ2) is 4.50. The van der Waals surface area contributed by atoms with Crippen LogP contribution in [-0.2, 0) is 10.2 Å². The van der Waals surface area contributed by atoms with Crippen LogP contribution in [0.25, 0.3) is 0 Å². The Labute approximate surface area is 134 Å². The highest BCUT2D eigenvalue weighted by atomic mass is 35.5. The van der Waals surface area contributed by atoms with E-state index >= 15 is 0 Å². The number of carbonyl (C=O) groups is 1. The lowest BCUT2D eigenvalue weighted by Gasteiger charge is -2.23. The molecule has 1 amide bonds. The summed E-state index contributed by atoms with van der Waals surface area (Å²) in [5.74, 6) is 0.0472. The standard InChI is InChI=1S/C18H17ClN2O/c1-11-3-4-12(2)21(11)14-7-8-18(10-14)15-6-5-13(19)9-16(15)20-17(18)22/h3-9,14H,10H2,1-2H3,(H,20,22)/t14-,18+/m1/s1. The van der Waals surface area contributed by atoms with Crippen LogP contribution in [-0.4, -0.2) is 10.5 Å². The van der Waals surface area contributed by atoms with Gasteiger partial charge in [0.05, 0.1) is 11.5 Å². The summed E-state index contributed by atoms with van der Waals surface area (Å²) in [6, 6.07) is 10.1. The van der Waals surface area contributed by atoms with Crippen molar-refractivity contribution >= 4 is 23.2 Å². The number of fused-ring (bicyclic) bond motifs is 2. The Bertz CT molecular complexity index is 801. The Morgan fingerprint density at radius 3 is 2.68 bits per heavy atom. The largest absolute Gasteiger partial charge is 0.342 e. The van der Waals surface area contributed by atoms with Crippen LogP contribution < -0.4 is 5.32 Å². The van der Waals surface area contributed by atoms with Crippen molar-refractivity contribution in [3.63, 3.8) is 0 Å². The van der Waals surface area contributed by atoms with Crippen LogP contribution in [0.3, 0.4) is 0 Å². The average molecular weight is 313 g/mol. The van der Waals surface area contributed by atoms with E-state index in [1.54, 1.807) is 0 Å². The van der Waals surface area contributed by atoms with E-state index in [9.17, 15) is 4.79 Å². The third-order valence-electron chi connectivity index (χ3n) is 4.91. The number of hydrogen-bond donors (Lipinski definition) is 1. The summed E-state index contributed by atoms with van der Waals surface area (Å²) < 4.78 is 2.30. The van der Waals surface area contributed by atoms with Gasteiger partial charge in [-0.3, -0.25) is 4.79 Å². The maximum absolute atomic E-state index is 12.6. The molecule has 0 radical (unpaired) electrons. The molecule has 2 heterocycles. The van der Waals surface area contributed by atoms with Crippen LogP contribution in [0.15, 0.2) is 42.5 Å². The third kappa shape index (κ3) is 1.72. The molecule has 1 aliphatic heterocycles. The number of hydrogen-bond acceptors (Lipinski definition) is 1. The quantitative estimate of drug-likeness (QED) is 0.789. The Hall–Kier alpha value is -2.00. The van der Waals surface area contributed by atoms with Gasteiger partial charge < -0.3 is 9.88 Å². The molecule has 0 saturated carbocycles. The third-order valence-corrected chi connectivity index (χ3v) is 5.14. The lowest BCUT2D eigenvalue weighted by molar-refractivity contribution is -0.119. The fourth-order valence-electron chi connectivity index (χ4n) is 3.85. The number of benzene rings is 1. The number of allylic oxidation sites excluding steroid dienone is 1. The maximum Gasteiger partial charge on any atom is 0.239 e. The minimum Gasteiger partial charge on any atom is -0.342 e. The van der Waals surface area contributed by atoms with Gasteiger partial charge >= 0.3 is 0 Å². The molecular formula is C18H17ClN2O. The van der Waals surface area contributed by atoms with Crippen molar-refractivity contribution in [1.82, 2.24) is 4.57 Å². The first-order valence-electron chi connectivity index (χ1n) is 7.46. The molecule has 2 aromatic rings. The number of rotatable bonds is 1. The van der Waals surface area contributed by atoms with Gasteiger partial charge in [-0.05, 0) is 50.1 Å². The van der Waals surface area contributed by atoms with Gasteiger partial charge in [-0.25, -0.2) is 0 Å². The smallest absolute Gasteiger partial charge is 0.239 e. The SMILES string of the molecule is Cc1ccc(C)n1[C@@H]1C=C[C@@]2(C1)C(=O)Nc1cc(Cl)ccc12. The molecule has 3 nitrogen and oxygen atoms in total. The van der Waals surface area contributed by atoms with Gasteiger partial charge in [-0.2, -0.15) is 0 Å². The highest BCUT2D eigenvalue weighted by Gasteiger charge is 2.49. The van der Waals surface area contributed by atoms with Crippen molar-refractivity contribution in [3.05, 3.63) is 64.5 Å². The number of aryl methyl sites for hydroxylation is 2. The van der Waals surface area contributed by atoms with Crippen molar-refractivity contribution in [2.45, 2.75) is 31.7 Å². The molecule has 1 N–H and O–H groups in total. The molecule has 1 aromatic carbocycles. The Morgan fingerprint density at radius 1 is 1.23 bits per heavy atom. The molecule has 0 bridgehead atoms. The van der Waals surface area contributed by atoms with Crippen LogP contribution in [0.2, 0.25) is 5.02 Å². The lowest BCUT2D eigenvalue weighted by Crippen LogP contribution is -2.31. The van der Waals surface area contributed by atoms with Crippen molar-refractivity contribution in [2.24, 2.45) is 0 Å². The zero-order valence-corrected chi connectivity index (χ0v) is 13.3. The van der Waals surface area contributed by atoms with E-state index in [1.165, 1.54) is 11.4 Å². The Morgan fingerprint density at radius 2 is 1.95 bits per heavy atom. The molecule has 2 atom stereocenters. The van der Waals surface area contributed by atoms with E-state index in [2.05, 4.69) is 48.0 Å². The van der Waals surface area contributed by atoms with Crippen LogP contribution >= 0.6 is 11.6 Å². The van der Waals surface area contributed by atoms with Gasteiger partial charge in [-0.1, -0.05) is 29.8 Å². The highest BCUT2D eigenvalue weighted by molar-refractivity contribution is 6.31. The van der Waals surface area contributed by atoms with Gasteiger partial charge in [0.25, 0.3) is 0 Å². The summed E-state index contributed by atoms with van der Waals surface area (Å²) in [6.07, 6.45) is 4.97. The summed E-state index contributed by atoms with van der Waals surface area (Å²) in [5, 5.41) is 3.63. The second-order valence-corrected chi connectivity index (χ2v) is 6.67. The molecule has 1 aromatic heterocycles. The van der Waals surface area contributed by atoms with Gasteiger partial charge in [-0.15, -0.1) is 0 Å². The van der Waals surface area contributed by atoms with Gasteiger partial charge in [0, 0.05) is 22.1 Å². The minimum atomic E-state index is -0.562. The summed E-state index contributed by atoms with van der Waals surface area (Å²) in [4.78, 5) is 12.6. The first kappa shape index (κ1) is 13.6. The summed E-state index contributed by atoms with van der Waals surface area (Å²) in [6.45, 7) is 4.21. The minimum absolute atomic E-state index is 0.0472. The number of anilines is 1. The van der Waals surface area contributed by atoms with E-state index in [0.29, 0.717) is 5.02 Å². The monoisotopic (exact) mass is 312 g/mol. The summed E-state index contributed by atoms with van der Waals surface area (Å²) in [5.41, 5.74) is 3.75. The topological polar surface area (TPSA) is 34.0 Å². The first-order chi connectivity index (χ1) is 10.5. The van der Waals surface area contributed by atoms with Crippen LogP contribution in [0.5, 0.6) is 0 Å². The molecule has 0 saturated heterocycles. The Kier molecular flexibility index (Phi) is 2.79. The second-order valence-electron chi connectivity index (χ2n) is 6.23. The number of aromatic nitrogens is 1. The fourth-order valence-corrected chi connectivity index (χ4v) is 4.03. The predicted octanol–water partition coefficient (Wildman–Crippen LogP) is 4.15. The van der Waals surface area contributed by atoms with Crippen LogP contribution in [0.1, 0.15) is 29.4 Å². The number of carbonyl (C=O) groups excluding carboxylic acids is 1. The normalized spacial score (nSPS) is 25.8. The molecule has 112 valence electrons. The molecule has 0 fully saturated rings. The lowest BCUT2D eigenvalue weighted by atomic mass is 9.80. The molecular weight excluding hydrogens is 296 g/mol. The number of amides is 1. The molecule has 22 heavy (non-hydrogen) atoms. The van der Waals surface area contributed by atoms with E-state index < -0.39 is 5.41 Å². The van der Waals surface area contributed by atoms with E-state index in [0.717, 1.165) is 17.7 Å². The zero-order valence-electron chi connectivity index (χ0n) is 12.6. The maximum atomic E-state index is 12.6. The summed E-state index contributed by atoms with van der Waals surface area (Å²) >= 11 is 6.04. The van der Waals surface area contributed by atoms with Crippen LogP contribution in [0.4, 0.5) is 5.69 Å². The van der Waals surface area contributed by atoms with Crippen molar-refractivity contribution in [1.29, 1.82) is 0 Å². The predicted molar refractivity (Wildman–Crippen MR) is 88.5 cm³/mol. The first-order valence-corrected chi connectivity index (χ1v) is 7.84. The molecule has 0 unspecified atom stereocenters. The van der Waals surface area contributed by atoms with Gasteiger partial charge in [0.1, 0.15) is 0 Å². The summed E-state index contributed by atoms with van der Waals surface area (Å²) in [7, 11) is 0. The van der Waals surface area contributed by atoms with Gasteiger partial charge in [0.15, 0.2) is 0 Å². The number of halogens is 1. The highest BCUT2D eigenvalue weighted by Crippen LogP contribution is 2.49. The Balaban J connectivity index is 1.77. The molecule has 1 aliphatic carbocycles. The van der Waals surface area contributed by atoms with Crippen molar-refractivity contribution < 1.29 is 4.79 Å². The van der Waals surface area contributed by atoms with E-state index in [-0.39, 0.29) is 11.9 Å². The number of nitrogens with one attached hydrogen (secondary N) is 1. The van der Waals surface area contributed by atoms with Crippen LogP contribution in [0, 0.1) is 13.8 Å². The van der Waals surface area contributed by atoms with E-state index in [4.69, 9.17) is 11.6 Å².